The molecule has 1 aromatic rings. The van der Waals surface area contributed by atoms with Crippen LogP contribution in [0.5, 0.6) is 0 Å². The predicted molar refractivity (Wildman–Crippen MR) is 72.1 cm³/mol. The van der Waals surface area contributed by atoms with Gasteiger partial charge in [0.05, 0.1) is 0 Å². The minimum Gasteiger partial charge on any atom is -0.327 e. The summed E-state index contributed by atoms with van der Waals surface area (Å²) in [7, 11) is 0. The lowest BCUT2D eigenvalue weighted by atomic mass is 9.92. The molecule has 1 nitrogen and oxygen atoms in total. The molecule has 0 saturated heterocycles. The molecular weight excluding hydrogens is 206 g/mol. The molecule has 2 N–H and O–H groups in total. The van der Waals surface area contributed by atoms with Crippen LogP contribution in [0.1, 0.15) is 48.8 Å². The zero-order chi connectivity index (χ0) is 11.7. The number of nitrogens with two attached hydrogens (primary N) is 1. The van der Waals surface area contributed by atoms with Gasteiger partial charge in [-0.1, -0.05) is 31.0 Å². The van der Waals surface area contributed by atoms with Gasteiger partial charge in [-0.05, 0) is 61.1 Å². The first kappa shape index (κ1) is 11.3. The van der Waals surface area contributed by atoms with E-state index >= 15 is 0 Å². The Kier molecular flexibility index (Phi) is 3.19. The number of fused-ring (bicyclic) bond motifs is 1. The van der Waals surface area contributed by atoms with E-state index in [2.05, 4.69) is 18.2 Å². The van der Waals surface area contributed by atoms with Gasteiger partial charge in [-0.2, -0.15) is 0 Å². The summed E-state index contributed by atoms with van der Waals surface area (Å²) in [6.07, 6.45) is 10.5. The molecule has 17 heavy (non-hydrogen) atoms. The topological polar surface area (TPSA) is 26.0 Å². The van der Waals surface area contributed by atoms with Crippen molar-refractivity contribution >= 4 is 0 Å². The van der Waals surface area contributed by atoms with E-state index in [1.165, 1.54) is 50.5 Å². The van der Waals surface area contributed by atoms with Crippen molar-refractivity contribution in [1.82, 2.24) is 0 Å². The Bertz CT molecular complexity index is 391. The van der Waals surface area contributed by atoms with Gasteiger partial charge >= 0.3 is 0 Å². The summed E-state index contributed by atoms with van der Waals surface area (Å²) in [5.74, 6) is 0.781. The summed E-state index contributed by atoms with van der Waals surface area (Å²) in [6.45, 7) is 0. The van der Waals surface area contributed by atoms with E-state index in [0.717, 1.165) is 12.3 Å². The summed E-state index contributed by atoms with van der Waals surface area (Å²) in [5.41, 5.74) is 11.0. The lowest BCUT2D eigenvalue weighted by Crippen LogP contribution is -2.30. The molecule has 3 rings (SSSR count). The van der Waals surface area contributed by atoms with Crippen molar-refractivity contribution in [3.63, 3.8) is 0 Å². The second kappa shape index (κ2) is 4.81. The Morgan fingerprint density at radius 1 is 1.06 bits per heavy atom. The third kappa shape index (κ3) is 2.40. The van der Waals surface area contributed by atoms with Crippen LogP contribution in [0.4, 0.5) is 0 Å². The Morgan fingerprint density at radius 2 is 1.82 bits per heavy atom. The summed E-state index contributed by atoms with van der Waals surface area (Å²) >= 11 is 0. The van der Waals surface area contributed by atoms with Crippen LogP contribution in [0.2, 0.25) is 0 Å². The first-order valence-corrected chi connectivity index (χ1v) is 7.19. The lowest BCUT2D eigenvalue weighted by Gasteiger charge is -2.19. The highest BCUT2D eigenvalue weighted by molar-refractivity contribution is 5.35. The van der Waals surface area contributed by atoms with Crippen LogP contribution in [0, 0.1) is 5.92 Å². The molecule has 92 valence electrons. The molecular formula is C16H23N. The number of rotatable bonds is 3. The van der Waals surface area contributed by atoms with Gasteiger partial charge in [0.25, 0.3) is 0 Å². The van der Waals surface area contributed by atoms with Crippen LogP contribution in [0.25, 0.3) is 0 Å². The molecule has 0 aromatic heterocycles. The average molecular weight is 229 g/mol. The van der Waals surface area contributed by atoms with Gasteiger partial charge in [0.1, 0.15) is 0 Å². The Labute approximate surface area is 104 Å². The molecule has 0 bridgehead atoms. The maximum Gasteiger partial charge on any atom is 0.0108 e. The van der Waals surface area contributed by atoms with Gasteiger partial charge in [-0.25, -0.2) is 0 Å². The van der Waals surface area contributed by atoms with Gasteiger partial charge < -0.3 is 5.73 Å². The lowest BCUT2D eigenvalue weighted by molar-refractivity contribution is 0.429. The van der Waals surface area contributed by atoms with Crippen LogP contribution in [-0.4, -0.2) is 6.04 Å². The molecule has 0 heterocycles. The molecule has 1 saturated carbocycles. The fraction of sp³-hybridized carbons (Fsp3) is 0.625. The maximum atomic E-state index is 6.36. The van der Waals surface area contributed by atoms with Crippen LogP contribution in [0.3, 0.4) is 0 Å². The van der Waals surface area contributed by atoms with Gasteiger partial charge in [0, 0.05) is 6.04 Å². The van der Waals surface area contributed by atoms with E-state index in [9.17, 15) is 0 Å². The van der Waals surface area contributed by atoms with Gasteiger partial charge in [-0.3, -0.25) is 0 Å². The van der Waals surface area contributed by atoms with E-state index in [-0.39, 0.29) is 0 Å². The highest BCUT2D eigenvalue weighted by Gasteiger charge is 2.22. The van der Waals surface area contributed by atoms with E-state index in [4.69, 9.17) is 5.73 Å². The van der Waals surface area contributed by atoms with Crippen molar-refractivity contribution in [3.8, 4) is 0 Å². The molecule has 1 atom stereocenters. The summed E-state index contributed by atoms with van der Waals surface area (Å²) < 4.78 is 0. The smallest absolute Gasteiger partial charge is 0.0108 e. The molecule has 0 spiro atoms. The molecule has 1 unspecified atom stereocenters. The number of aryl methyl sites for hydroxylation is 2. The van der Waals surface area contributed by atoms with E-state index in [1.54, 1.807) is 11.1 Å². The Hall–Kier alpha value is -0.820. The monoisotopic (exact) mass is 229 g/mol. The Morgan fingerprint density at radius 3 is 2.65 bits per heavy atom. The van der Waals surface area contributed by atoms with E-state index < -0.39 is 0 Å². The molecule has 0 amide bonds. The SMILES string of the molecule is NC(Cc1ccc2c(c1)CCC2)C1CCCC1. The predicted octanol–water partition coefficient (Wildman–Crippen LogP) is 3.24. The molecule has 0 aliphatic heterocycles. The second-order valence-electron chi connectivity index (χ2n) is 5.87. The average Bonchev–Trinajstić information content (AvgIpc) is 2.99. The molecule has 2 aliphatic rings. The summed E-state index contributed by atoms with van der Waals surface area (Å²) in [6, 6.07) is 7.44. The molecule has 1 heteroatoms. The molecule has 0 radical (unpaired) electrons. The van der Waals surface area contributed by atoms with Crippen molar-refractivity contribution in [3.05, 3.63) is 34.9 Å². The fourth-order valence-corrected chi connectivity index (χ4v) is 3.58. The number of hydrogen-bond acceptors (Lipinski definition) is 1. The van der Waals surface area contributed by atoms with Crippen molar-refractivity contribution in [2.75, 3.05) is 0 Å². The van der Waals surface area contributed by atoms with Crippen LogP contribution < -0.4 is 5.73 Å². The minimum absolute atomic E-state index is 0.386. The van der Waals surface area contributed by atoms with Gasteiger partial charge in [-0.15, -0.1) is 0 Å². The number of benzene rings is 1. The first-order valence-electron chi connectivity index (χ1n) is 7.19. The highest BCUT2D eigenvalue weighted by atomic mass is 14.7. The van der Waals surface area contributed by atoms with E-state index in [1.807, 2.05) is 0 Å². The minimum atomic E-state index is 0.386. The third-order valence-corrected chi connectivity index (χ3v) is 4.64. The fourth-order valence-electron chi connectivity index (χ4n) is 3.58. The maximum absolute atomic E-state index is 6.36. The van der Waals surface area contributed by atoms with Crippen LogP contribution in [-0.2, 0) is 19.3 Å². The van der Waals surface area contributed by atoms with Crippen molar-refractivity contribution in [2.45, 2.75) is 57.4 Å². The van der Waals surface area contributed by atoms with Crippen LogP contribution in [0.15, 0.2) is 18.2 Å². The van der Waals surface area contributed by atoms with Gasteiger partial charge in [0.15, 0.2) is 0 Å². The second-order valence-corrected chi connectivity index (χ2v) is 5.87. The third-order valence-electron chi connectivity index (χ3n) is 4.64. The summed E-state index contributed by atoms with van der Waals surface area (Å²) in [5, 5.41) is 0. The highest BCUT2D eigenvalue weighted by Crippen LogP contribution is 2.29. The molecule has 1 aromatic carbocycles. The molecule has 2 aliphatic carbocycles. The van der Waals surface area contributed by atoms with E-state index in [0.29, 0.717) is 6.04 Å². The van der Waals surface area contributed by atoms with Crippen molar-refractivity contribution < 1.29 is 0 Å². The van der Waals surface area contributed by atoms with Crippen molar-refractivity contribution in [1.29, 1.82) is 0 Å². The quantitative estimate of drug-likeness (QED) is 0.846. The first-order chi connectivity index (χ1) is 8.33. The van der Waals surface area contributed by atoms with Gasteiger partial charge in [0.2, 0.25) is 0 Å². The molecule has 1 fully saturated rings. The van der Waals surface area contributed by atoms with Crippen LogP contribution >= 0.6 is 0 Å². The largest absolute Gasteiger partial charge is 0.327 e. The Balaban J connectivity index is 1.68. The normalized spacial score (nSPS) is 21.7. The zero-order valence-corrected chi connectivity index (χ0v) is 10.6. The number of hydrogen-bond donors (Lipinski definition) is 1. The zero-order valence-electron chi connectivity index (χ0n) is 10.6. The summed E-state index contributed by atoms with van der Waals surface area (Å²) in [4.78, 5) is 0. The standard InChI is InChI=1S/C16H23N/c17-16(14-4-1-2-5-14)11-12-8-9-13-6-3-7-15(13)10-12/h8-10,14,16H,1-7,11,17H2. The van der Waals surface area contributed by atoms with Crippen molar-refractivity contribution in [2.24, 2.45) is 11.7 Å².